The average molecular weight is 372 g/mol. The topological polar surface area (TPSA) is 29.5 Å². The van der Waals surface area contributed by atoms with Crippen molar-refractivity contribution in [3.8, 4) is 0 Å². The van der Waals surface area contributed by atoms with E-state index in [2.05, 4.69) is 56.6 Å². The van der Waals surface area contributed by atoms with Gasteiger partial charge in [-0.1, -0.05) is 0 Å². The molecule has 0 fully saturated rings. The van der Waals surface area contributed by atoms with Gasteiger partial charge in [0.2, 0.25) is 0 Å². The summed E-state index contributed by atoms with van der Waals surface area (Å²) in [6.07, 6.45) is 8.24. The second kappa shape index (κ2) is 8.14. The Balaban J connectivity index is 3.20. The van der Waals surface area contributed by atoms with Crippen LogP contribution in [0.4, 0.5) is 0 Å². The van der Waals surface area contributed by atoms with Crippen LogP contribution < -0.4 is 0 Å². The number of hydrogen-bond acceptors (Lipinski definition) is 3. The molecule has 22 heavy (non-hydrogen) atoms. The molecule has 0 aliphatic heterocycles. The molecule has 0 aromatic rings. The van der Waals surface area contributed by atoms with Crippen molar-refractivity contribution in [3.05, 3.63) is 32.7 Å². The third kappa shape index (κ3) is 4.34. The van der Waals surface area contributed by atoms with E-state index in [9.17, 15) is 4.79 Å². The van der Waals surface area contributed by atoms with Gasteiger partial charge in [0.1, 0.15) is 0 Å². The molecule has 0 aromatic carbocycles. The normalized spacial score (nSPS) is 18.1. The molecule has 0 saturated heterocycles. The molecule has 126 valence electrons. The Morgan fingerprint density at radius 1 is 1.41 bits per heavy atom. The van der Waals surface area contributed by atoms with Gasteiger partial charge >= 0.3 is 138 Å². The Labute approximate surface area is 138 Å². The van der Waals surface area contributed by atoms with Crippen molar-refractivity contribution < 1.29 is 9.53 Å². The van der Waals surface area contributed by atoms with E-state index in [0.29, 0.717) is 12.6 Å². The molecule has 1 aliphatic carbocycles. The minimum atomic E-state index is -2.02. The first-order valence-corrected chi connectivity index (χ1v) is 13.1. The Morgan fingerprint density at radius 2 is 2.05 bits per heavy atom. The van der Waals surface area contributed by atoms with Crippen molar-refractivity contribution in [1.29, 1.82) is 0 Å². The van der Waals surface area contributed by atoms with E-state index < -0.39 is 12.8 Å². The number of rotatable bonds is 7. The summed E-state index contributed by atoms with van der Waals surface area (Å²) in [5, 5.41) is 0. The van der Waals surface area contributed by atoms with Gasteiger partial charge in [-0.3, -0.25) is 0 Å². The van der Waals surface area contributed by atoms with E-state index in [0.717, 1.165) is 12.8 Å². The van der Waals surface area contributed by atoms with Crippen molar-refractivity contribution in [2.24, 2.45) is 0 Å². The van der Waals surface area contributed by atoms with Crippen molar-refractivity contribution in [3.63, 3.8) is 0 Å². The van der Waals surface area contributed by atoms with Crippen LogP contribution in [0, 0.1) is 0 Å². The molecule has 0 heterocycles. The predicted molar refractivity (Wildman–Crippen MR) is 96.4 cm³/mol. The zero-order valence-electron chi connectivity index (χ0n) is 15.1. The Hall–Kier alpha value is -0.831. The molecule has 0 amide bonds. The third-order valence-electron chi connectivity index (χ3n) is 4.33. The monoisotopic (exact) mass is 373 g/mol. The molecule has 1 aliphatic rings. The van der Waals surface area contributed by atoms with Gasteiger partial charge < -0.3 is 0 Å². The molecular weight excluding hydrogens is 341 g/mol. The number of ether oxygens (including phenoxy) is 1. The fourth-order valence-corrected chi connectivity index (χ4v) is 8.55. The van der Waals surface area contributed by atoms with E-state index in [-0.39, 0.29) is 5.97 Å². The van der Waals surface area contributed by atoms with Gasteiger partial charge in [-0.15, -0.1) is 0 Å². The van der Waals surface area contributed by atoms with Gasteiger partial charge in [0, 0.05) is 0 Å². The summed E-state index contributed by atoms with van der Waals surface area (Å²) >= 11 is -2.02. The number of nitrogens with zero attached hydrogens (tertiary/aromatic N) is 1. The summed E-state index contributed by atoms with van der Waals surface area (Å²) in [7, 11) is 4.24. The summed E-state index contributed by atoms with van der Waals surface area (Å²) in [6, 6.07) is 0.408. The van der Waals surface area contributed by atoms with E-state index in [1.165, 1.54) is 10.0 Å². The first kappa shape index (κ1) is 19.2. The molecule has 0 radical (unpaired) electrons. The third-order valence-corrected chi connectivity index (χ3v) is 11.4. The number of hydrogen-bond donors (Lipinski definition) is 0. The standard InChI is InChI=1S/C18H31NO2Se/c1-8-15(13-18(20)21-9-2)22(6,7)17-12-10-11-16(17)14(3)19(4)5/h10-11,13-14H,8-9,12H2,1-7H3/b15-13-. The quantitative estimate of drug-likeness (QED) is 0.386. The van der Waals surface area contributed by atoms with Crippen LogP contribution >= 0.6 is 0 Å². The van der Waals surface area contributed by atoms with Gasteiger partial charge in [0.25, 0.3) is 0 Å². The van der Waals surface area contributed by atoms with Gasteiger partial charge in [-0.25, -0.2) is 0 Å². The number of carbonyl (C=O) groups is 1. The Morgan fingerprint density at radius 3 is 2.55 bits per heavy atom. The van der Waals surface area contributed by atoms with Crippen LogP contribution in [-0.2, 0) is 9.53 Å². The van der Waals surface area contributed by atoms with Gasteiger partial charge in [0.05, 0.1) is 0 Å². The molecule has 4 heteroatoms. The predicted octanol–water partition coefficient (Wildman–Crippen LogP) is 3.88. The first-order chi connectivity index (χ1) is 10.3. The zero-order chi connectivity index (χ0) is 16.9. The minimum absolute atomic E-state index is 0.196. The molecular formula is C18H31NO2Se. The summed E-state index contributed by atoms with van der Waals surface area (Å²) in [5.74, 6) is 4.55. The fraction of sp³-hybridized carbons (Fsp3) is 0.611. The Kier molecular flexibility index (Phi) is 7.11. The van der Waals surface area contributed by atoms with Crippen molar-refractivity contribution in [1.82, 2.24) is 4.90 Å². The number of likely N-dealkylation sites (N-methyl/N-ethyl adjacent to an activating group) is 1. The maximum atomic E-state index is 11.9. The van der Waals surface area contributed by atoms with Crippen LogP contribution in [0.2, 0.25) is 11.6 Å². The van der Waals surface area contributed by atoms with E-state index in [4.69, 9.17) is 4.74 Å². The summed E-state index contributed by atoms with van der Waals surface area (Å²) < 4.78 is 7.97. The number of carbonyl (C=O) groups excluding carboxylic acids is 1. The number of allylic oxidation sites excluding steroid dienone is 3. The first-order valence-electron chi connectivity index (χ1n) is 7.92. The summed E-state index contributed by atoms with van der Waals surface area (Å²) in [5.41, 5.74) is 1.44. The van der Waals surface area contributed by atoms with Crippen LogP contribution in [-0.4, -0.2) is 50.5 Å². The summed E-state index contributed by atoms with van der Waals surface area (Å²) in [6.45, 7) is 6.67. The van der Waals surface area contributed by atoms with E-state index in [1.807, 2.05) is 6.92 Å². The van der Waals surface area contributed by atoms with Gasteiger partial charge in [0.15, 0.2) is 0 Å². The SMILES string of the molecule is CCOC(=O)/C=C(/CC)[Se](C)(C)C1=C(C(C)N(C)C)C=CC1. The van der Waals surface area contributed by atoms with Crippen molar-refractivity contribution in [2.45, 2.75) is 51.3 Å². The average Bonchev–Trinajstić information content (AvgIpc) is 2.93. The van der Waals surface area contributed by atoms with Gasteiger partial charge in [-0.2, -0.15) is 0 Å². The molecule has 0 aromatic heterocycles. The van der Waals surface area contributed by atoms with Crippen LogP contribution in [0.15, 0.2) is 32.7 Å². The molecule has 1 atom stereocenters. The molecule has 0 spiro atoms. The number of esters is 1. The molecule has 0 saturated carbocycles. The molecule has 0 N–H and O–H groups in total. The fourth-order valence-electron chi connectivity index (χ4n) is 2.74. The second-order valence-electron chi connectivity index (χ2n) is 6.17. The van der Waals surface area contributed by atoms with E-state index in [1.54, 1.807) is 10.5 Å². The molecule has 0 bridgehead atoms. The van der Waals surface area contributed by atoms with Crippen LogP contribution in [0.5, 0.6) is 0 Å². The van der Waals surface area contributed by atoms with Crippen LogP contribution in [0.25, 0.3) is 0 Å². The maximum absolute atomic E-state index is 11.9. The second-order valence-corrected chi connectivity index (χ2v) is 13.9. The molecule has 3 nitrogen and oxygen atoms in total. The van der Waals surface area contributed by atoms with Crippen molar-refractivity contribution in [2.75, 3.05) is 20.7 Å². The van der Waals surface area contributed by atoms with Crippen LogP contribution in [0.1, 0.15) is 33.6 Å². The van der Waals surface area contributed by atoms with E-state index >= 15 is 0 Å². The van der Waals surface area contributed by atoms with Crippen LogP contribution in [0.3, 0.4) is 0 Å². The molecule has 1 unspecified atom stereocenters. The van der Waals surface area contributed by atoms with Crippen molar-refractivity contribution >= 4 is 18.8 Å². The zero-order valence-corrected chi connectivity index (χ0v) is 16.8. The van der Waals surface area contributed by atoms with Gasteiger partial charge in [-0.05, 0) is 0 Å². The Bertz CT molecular complexity index is 501. The summed E-state index contributed by atoms with van der Waals surface area (Å²) in [4.78, 5) is 14.1. The molecule has 1 rings (SSSR count).